The van der Waals surface area contributed by atoms with E-state index in [9.17, 15) is 5.11 Å². The van der Waals surface area contributed by atoms with Crippen LogP contribution in [0.4, 0.5) is 5.82 Å². The molecule has 138 valence electrons. The van der Waals surface area contributed by atoms with Gasteiger partial charge in [-0.25, -0.2) is 15.0 Å². The minimum atomic E-state index is -0.892. The van der Waals surface area contributed by atoms with Crippen LogP contribution in [-0.4, -0.2) is 61.8 Å². The summed E-state index contributed by atoms with van der Waals surface area (Å²) in [6.45, 7) is 8.06. The van der Waals surface area contributed by atoms with Gasteiger partial charge in [0.25, 0.3) is 0 Å². The van der Waals surface area contributed by atoms with Gasteiger partial charge in [-0.05, 0) is 27.7 Å². The fraction of sp³-hybridized carbons (Fsp3) is 0.688. The van der Waals surface area contributed by atoms with Crippen molar-refractivity contribution in [2.45, 2.75) is 64.4 Å². The second kappa shape index (κ2) is 7.20. The first kappa shape index (κ1) is 18.0. The lowest BCUT2D eigenvalue weighted by molar-refractivity contribution is -0.0973. The molecule has 3 N–H and O–H groups in total. The predicted molar refractivity (Wildman–Crippen MR) is 90.7 cm³/mol. The highest BCUT2D eigenvalue weighted by Gasteiger charge is 2.46. The Hall–Kier alpha value is -1.81. The van der Waals surface area contributed by atoms with Gasteiger partial charge >= 0.3 is 0 Å². The van der Waals surface area contributed by atoms with Crippen LogP contribution in [0.5, 0.6) is 0 Å². The van der Waals surface area contributed by atoms with Crippen molar-refractivity contribution in [1.82, 2.24) is 19.5 Å². The molecule has 0 radical (unpaired) electrons. The molecule has 9 heteroatoms. The minimum absolute atomic E-state index is 0.0546. The molecule has 3 heterocycles. The van der Waals surface area contributed by atoms with Crippen LogP contribution in [0.15, 0.2) is 12.7 Å². The number of anilines is 1. The first-order chi connectivity index (χ1) is 11.9. The standard InChI is InChI=1S/C16H25N5O4/c1-8(2)23-5-10-13(24-9(3)4)12(22)16(25-10)21-7-20-11-14(17)18-6-19-15(11)21/h6-10,12-13,16,22H,5H2,1-4H3,(H2,17,18,19)/t10-,12+,13?,16-/m1/s1. The third kappa shape index (κ3) is 3.59. The van der Waals surface area contributed by atoms with Crippen LogP contribution in [0.3, 0.4) is 0 Å². The third-order valence-electron chi connectivity index (χ3n) is 3.99. The lowest BCUT2D eigenvalue weighted by Gasteiger charge is -2.23. The molecule has 0 amide bonds. The molecule has 4 atom stereocenters. The third-order valence-corrected chi connectivity index (χ3v) is 3.99. The lowest BCUT2D eigenvalue weighted by Crippen LogP contribution is -2.38. The Morgan fingerprint density at radius 3 is 2.68 bits per heavy atom. The molecule has 0 spiro atoms. The number of rotatable bonds is 6. The molecule has 2 aromatic heterocycles. The van der Waals surface area contributed by atoms with Gasteiger partial charge in [-0.3, -0.25) is 4.57 Å². The number of fused-ring (bicyclic) bond motifs is 1. The number of nitrogens with two attached hydrogens (primary N) is 1. The molecule has 9 nitrogen and oxygen atoms in total. The minimum Gasteiger partial charge on any atom is -0.386 e. The predicted octanol–water partition coefficient (Wildman–Crippen LogP) is 0.885. The van der Waals surface area contributed by atoms with Gasteiger partial charge in [0.2, 0.25) is 0 Å². The van der Waals surface area contributed by atoms with E-state index in [1.807, 2.05) is 27.7 Å². The van der Waals surface area contributed by atoms with Crippen LogP contribution in [0.2, 0.25) is 0 Å². The first-order valence-electron chi connectivity index (χ1n) is 8.42. The lowest BCUT2D eigenvalue weighted by atomic mass is 10.1. The highest BCUT2D eigenvalue weighted by Crippen LogP contribution is 2.34. The Bertz CT molecular complexity index is 720. The highest BCUT2D eigenvalue weighted by atomic mass is 16.6. The fourth-order valence-electron chi connectivity index (χ4n) is 2.91. The molecule has 0 aromatic carbocycles. The summed E-state index contributed by atoms with van der Waals surface area (Å²) in [6.07, 6.45) is 0.407. The number of aliphatic hydroxyl groups excluding tert-OH is 1. The molecule has 25 heavy (non-hydrogen) atoms. The zero-order valence-corrected chi connectivity index (χ0v) is 14.9. The number of ether oxygens (including phenoxy) is 3. The first-order valence-corrected chi connectivity index (χ1v) is 8.42. The van der Waals surface area contributed by atoms with Crippen molar-refractivity contribution in [3.63, 3.8) is 0 Å². The number of hydrogen-bond acceptors (Lipinski definition) is 8. The van der Waals surface area contributed by atoms with E-state index in [-0.39, 0.29) is 18.0 Å². The Balaban J connectivity index is 1.89. The van der Waals surface area contributed by atoms with Crippen molar-refractivity contribution in [2.75, 3.05) is 12.3 Å². The Labute approximate surface area is 146 Å². The monoisotopic (exact) mass is 351 g/mol. The van der Waals surface area contributed by atoms with Crippen molar-refractivity contribution in [1.29, 1.82) is 0 Å². The summed E-state index contributed by atoms with van der Waals surface area (Å²) < 4.78 is 19.3. The largest absolute Gasteiger partial charge is 0.386 e. The molecular weight excluding hydrogens is 326 g/mol. The van der Waals surface area contributed by atoms with Gasteiger partial charge < -0.3 is 25.1 Å². The molecule has 0 aliphatic carbocycles. The number of hydrogen-bond donors (Lipinski definition) is 2. The molecule has 2 aromatic rings. The van der Waals surface area contributed by atoms with Gasteiger partial charge in [-0.2, -0.15) is 0 Å². The zero-order valence-electron chi connectivity index (χ0n) is 14.9. The van der Waals surface area contributed by atoms with Crippen molar-refractivity contribution >= 4 is 17.0 Å². The van der Waals surface area contributed by atoms with Gasteiger partial charge in [0, 0.05) is 0 Å². The van der Waals surface area contributed by atoms with Gasteiger partial charge in [0.1, 0.15) is 30.2 Å². The van der Waals surface area contributed by atoms with E-state index in [0.717, 1.165) is 0 Å². The molecule has 1 aliphatic rings. The maximum absolute atomic E-state index is 10.8. The Morgan fingerprint density at radius 2 is 2.00 bits per heavy atom. The average molecular weight is 351 g/mol. The van der Waals surface area contributed by atoms with E-state index in [4.69, 9.17) is 19.9 Å². The summed E-state index contributed by atoms with van der Waals surface area (Å²) in [5.74, 6) is 0.283. The Morgan fingerprint density at radius 1 is 1.24 bits per heavy atom. The van der Waals surface area contributed by atoms with Crippen molar-refractivity contribution in [2.24, 2.45) is 0 Å². The van der Waals surface area contributed by atoms with E-state index in [2.05, 4.69) is 15.0 Å². The number of imidazole rings is 1. The summed E-state index contributed by atoms with van der Waals surface area (Å²) >= 11 is 0. The number of aliphatic hydroxyl groups is 1. The van der Waals surface area contributed by atoms with Gasteiger partial charge in [0.05, 0.1) is 25.1 Å². The second-order valence-corrected chi connectivity index (χ2v) is 6.67. The van der Waals surface area contributed by atoms with E-state index < -0.39 is 24.5 Å². The van der Waals surface area contributed by atoms with Gasteiger partial charge in [-0.15, -0.1) is 0 Å². The number of nitrogens with zero attached hydrogens (tertiary/aromatic N) is 4. The normalized spacial score (nSPS) is 27.0. The zero-order chi connectivity index (χ0) is 18.1. The maximum Gasteiger partial charge on any atom is 0.167 e. The summed E-state index contributed by atoms with van der Waals surface area (Å²) in [7, 11) is 0. The molecule has 0 bridgehead atoms. The molecular formula is C16H25N5O4. The van der Waals surface area contributed by atoms with Crippen LogP contribution in [0, 0.1) is 0 Å². The molecule has 1 unspecified atom stereocenters. The molecule has 1 saturated heterocycles. The van der Waals surface area contributed by atoms with Crippen molar-refractivity contribution < 1.29 is 19.3 Å². The van der Waals surface area contributed by atoms with E-state index >= 15 is 0 Å². The van der Waals surface area contributed by atoms with Crippen LogP contribution < -0.4 is 5.73 Å². The smallest absolute Gasteiger partial charge is 0.167 e. The summed E-state index contributed by atoms with van der Waals surface area (Å²) in [6, 6.07) is 0. The number of nitrogen functional groups attached to an aromatic ring is 1. The van der Waals surface area contributed by atoms with Gasteiger partial charge in [0.15, 0.2) is 17.7 Å². The maximum atomic E-state index is 10.8. The molecule has 1 aliphatic heterocycles. The molecule has 3 rings (SSSR count). The summed E-state index contributed by atoms with van der Waals surface area (Å²) in [5.41, 5.74) is 6.81. The highest BCUT2D eigenvalue weighted by molar-refractivity contribution is 5.81. The van der Waals surface area contributed by atoms with E-state index in [1.165, 1.54) is 6.33 Å². The SMILES string of the molecule is CC(C)OC[C@H]1O[C@@H](n2cnc3c(N)ncnc32)[C@@H](O)C1OC(C)C. The fourth-order valence-corrected chi connectivity index (χ4v) is 2.91. The van der Waals surface area contributed by atoms with Crippen LogP contribution >= 0.6 is 0 Å². The second-order valence-electron chi connectivity index (χ2n) is 6.67. The van der Waals surface area contributed by atoms with E-state index in [1.54, 1.807) is 10.9 Å². The number of aromatic nitrogens is 4. The van der Waals surface area contributed by atoms with Crippen LogP contribution in [0.1, 0.15) is 33.9 Å². The van der Waals surface area contributed by atoms with Gasteiger partial charge in [-0.1, -0.05) is 0 Å². The summed E-state index contributed by atoms with van der Waals surface area (Å²) in [4.78, 5) is 12.4. The van der Waals surface area contributed by atoms with Crippen LogP contribution in [0.25, 0.3) is 11.2 Å². The quantitative estimate of drug-likeness (QED) is 0.788. The Kier molecular flexibility index (Phi) is 5.19. The molecule has 0 saturated carbocycles. The molecule has 1 fully saturated rings. The van der Waals surface area contributed by atoms with E-state index in [0.29, 0.717) is 17.8 Å². The topological polar surface area (TPSA) is 118 Å². The summed E-state index contributed by atoms with van der Waals surface area (Å²) in [5, 5.41) is 10.8. The van der Waals surface area contributed by atoms with Crippen molar-refractivity contribution in [3.8, 4) is 0 Å². The van der Waals surface area contributed by atoms with Crippen molar-refractivity contribution in [3.05, 3.63) is 12.7 Å². The average Bonchev–Trinajstić information content (AvgIpc) is 3.09. The van der Waals surface area contributed by atoms with Crippen LogP contribution in [-0.2, 0) is 14.2 Å².